The maximum absolute atomic E-state index is 9.29. The minimum atomic E-state index is -0.398. The largest absolute Gasteiger partial charge is 0.391 e. The summed E-state index contributed by atoms with van der Waals surface area (Å²) in [4.78, 5) is 2.19. The number of ether oxygens (including phenoxy) is 1. The molecule has 1 atom stereocenters. The Morgan fingerprint density at radius 3 is 3.00 bits per heavy atom. The summed E-state index contributed by atoms with van der Waals surface area (Å²) < 4.78 is 5.28. The van der Waals surface area contributed by atoms with E-state index in [0.717, 1.165) is 32.7 Å². The zero-order valence-corrected chi connectivity index (χ0v) is 7.96. The van der Waals surface area contributed by atoms with Crippen molar-refractivity contribution in [2.75, 3.05) is 38.7 Å². The highest BCUT2D eigenvalue weighted by Gasteiger charge is 2.12. The maximum Gasteiger partial charge on any atom is 0.0802 e. The van der Waals surface area contributed by atoms with Gasteiger partial charge in [0.05, 0.1) is 12.7 Å². The van der Waals surface area contributed by atoms with E-state index in [9.17, 15) is 5.11 Å². The molecule has 1 aliphatic heterocycles. The van der Waals surface area contributed by atoms with Gasteiger partial charge in [0.2, 0.25) is 0 Å². The topological polar surface area (TPSA) is 32.7 Å². The zero-order valence-electron chi connectivity index (χ0n) is 7.21. The Bertz CT molecular complexity index is 116. The summed E-state index contributed by atoms with van der Waals surface area (Å²) in [7, 11) is 0. The van der Waals surface area contributed by atoms with Gasteiger partial charge in [-0.25, -0.2) is 0 Å². The van der Waals surface area contributed by atoms with Gasteiger partial charge in [0, 0.05) is 32.1 Å². The van der Waals surface area contributed by atoms with E-state index in [-0.39, 0.29) is 0 Å². The molecule has 0 aromatic rings. The summed E-state index contributed by atoms with van der Waals surface area (Å²) in [6, 6.07) is 0. The molecule has 3 nitrogen and oxygen atoms in total. The molecule has 1 N–H and O–H groups in total. The van der Waals surface area contributed by atoms with E-state index in [0.29, 0.717) is 12.4 Å². The van der Waals surface area contributed by atoms with Gasteiger partial charge in [0.1, 0.15) is 0 Å². The molecular formula is C8H16ClNO2. The molecular weight excluding hydrogens is 178 g/mol. The Morgan fingerprint density at radius 2 is 2.25 bits per heavy atom. The SMILES string of the molecule is OC(CCl)CN1CCCOCC1. The molecule has 0 spiro atoms. The molecule has 1 rings (SSSR count). The molecule has 1 saturated heterocycles. The van der Waals surface area contributed by atoms with Gasteiger partial charge in [-0.3, -0.25) is 4.90 Å². The molecule has 0 amide bonds. The second kappa shape index (κ2) is 5.75. The van der Waals surface area contributed by atoms with Crippen molar-refractivity contribution in [3.8, 4) is 0 Å². The first-order valence-corrected chi connectivity index (χ1v) is 4.90. The van der Waals surface area contributed by atoms with Gasteiger partial charge in [-0.15, -0.1) is 11.6 Å². The smallest absolute Gasteiger partial charge is 0.0802 e. The van der Waals surface area contributed by atoms with E-state index in [1.165, 1.54) is 0 Å². The normalized spacial score (nSPS) is 23.5. The van der Waals surface area contributed by atoms with E-state index in [4.69, 9.17) is 16.3 Å². The summed E-state index contributed by atoms with van der Waals surface area (Å²) in [6.45, 7) is 4.21. The van der Waals surface area contributed by atoms with Crippen LogP contribution in [0.5, 0.6) is 0 Å². The quantitative estimate of drug-likeness (QED) is 0.655. The van der Waals surface area contributed by atoms with Crippen molar-refractivity contribution in [3.05, 3.63) is 0 Å². The number of alkyl halides is 1. The van der Waals surface area contributed by atoms with Crippen molar-refractivity contribution in [1.82, 2.24) is 4.90 Å². The number of halogens is 1. The van der Waals surface area contributed by atoms with Gasteiger partial charge < -0.3 is 9.84 Å². The third-order valence-electron chi connectivity index (χ3n) is 1.96. The fraction of sp³-hybridized carbons (Fsp3) is 1.00. The lowest BCUT2D eigenvalue weighted by Crippen LogP contribution is -2.35. The van der Waals surface area contributed by atoms with E-state index in [2.05, 4.69) is 4.90 Å². The molecule has 12 heavy (non-hydrogen) atoms. The standard InChI is InChI=1S/C8H16ClNO2/c9-6-8(11)7-10-2-1-4-12-5-3-10/h8,11H,1-7H2. The van der Waals surface area contributed by atoms with Gasteiger partial charge >= 0.3 is 0 Å². The highest BCUT2D eigenvalue weighted by molar-refractivity contribution is 6.18. The Hall–Kier alpha value is 0.170. The molecule has 0 aliphatic carbocycles. The number of hydrogen-bond donors (Lipinski definition) is 1. The molecule has 1 unspecified atom stereocenters. The van der Waals surface area contributed by atoms with Crippen molar-refractivity contribution in [3.63, 3.8) is 0 Å². The van der Waals surface area contributed by atoms with Gasteiger partial charge in [-0.1, -0.05) is 0 Å². The van der Waals surface area contributed by atoms with Crippen LogP contribution in [0, 0.1) is 0 Å². The first-order valence-electron chi connectivity index (χ1n) is 4.37. The third-order valence-corrected chi connectivity index (χ3v) is 2.32. The molecule has 1 fully saturated rings. The van der Waals surface area contributed by atoms with E-state index in [1.54, 1.807) is 0 Å². The zero-order chi connectivity index (χ0) is 8.81. The monoisotopic (exact) mass is 193 g/mol. The van der Waals surface area contributed by atoms with Gasteiger partial charge in [0.25, 0.3) is 0 Å². The molecule has 1 heterocycles. The summed E-state index contributed by atoms with van der Waals surface area (Å²) >= 11 is 5.50. The number of aliphatic hydroxyl groups excluding tert-OH is 1. The number of rotatable bonds is 3. The number of β-amino-alcohol motifs (C(OH)–C–C–N with tert-alkyl or cyclic N) is 1. The van der Waals surface area contributed by atoms with Crippen LogP contribution >= 0.6 is 11.6 Å². The Balaban J connectivity index is 2.20. The maximum atomic E-state index is 9.29. The molecule has 0 bridgehead atoms. The van der Waals surface area contributed by atoms with Crippen molar-refractivity contribution >= 4 is 11.6 Å². The summed E-state index contributed by atoms with van der Waals surface area (Å²) in [5, 5.41) is 9.29. The van der Waals surface area contributed by atoms with Crippen LogP contribution in [0.4, 0.5) is 0 Å². The third kappa shape index (κ3) is 3.72. The minimum Gasteiger partial charge on any atom is -0.391 e. The van der Waals surface area contributed by atoms with Crippen molar-refractivity contribution in [2.45, 2.75) is 12.5 Å². The van der Waals surface area contributed by atoms with Crippen LogP contribution in [0.15, 0.2) is 0 Å². The Kier molecular flexibility index (Phi) is 4.92. The molecule has 0 saturated carbocycles. The molecule has 0 aromatic heterocycles. The van der Waals surface area contributed by atoms with Crippen LogP contribution in [0.3, 0.4) is 0 Å². The lowest BCUT2D eigenvalue weighted by Gasteiger charge is -2.21. The number of aliphatic hydroxyl groups is 1. The molecule has 0 aromatic carbocycles. The van der Waals surface area contributed by atoms with Crippen LogP contribution in [0.25, 0.3) is 0 Å². The number of nitrogens with zero attached hydrogens (tertiary/aromatic N) is 1. The summed E-state index contributed by atoms with van der Waals surface area (Å²) in [5.41, 5.74) is 0. The highest BCUT2D eigenvalue weighted by Crippen LogP contribution is 2.01. The Morgan fingerprint density at radius 1 is 1.42 bits per heavy atom. The average Bonchev–Trinajstić information content (AvgIpc) is 2.33. The van der Waals surface area contributed by atoms with Crippen molar-refractivity contribution < 1.29 is 9.84 Å². The van der Waals surface area contributed by atoms with Crippen molar-refractivity contribution in [1.29, 1.82) is 0 Å². The summed E-state index contributed by atoms with van der Waals surface area (Å²) in [5.74, 6) is 0.317. The first kappa shape index (κ1) is 10.3. The lowest BCUT2D eigenvalue weighted by molar-refractivity contribution is 0.114. The fourth-order valence-electron chi connectivity index (χ4n) is 1.33. The van der Waals surface area contributed by atoms with E-state index >= 15 is 0 Å². The highest BCUT2D eigenvalue weighted by atomic mass is 35.5. The first-order chi connectivity index (χ1) is 5.83. The predicted octanol–water partition coefficient (Wildman–Crippen LogP) is 0.308. The minimum absolute atomic E-state index is 0.317. The van der Waals surface area contributed by atoms with Crippen LogP contribution < -0.4 is 0 Å². The molecule has 0 radical (unpaired) electrons. The van der Waals surface area contributed by atoms with Crippen LogP contribution in [-0.4, -0.2) is 54.8 Å². The second-order valence-electron chi connectivity index (χ2n) is 3.07. The van der Waals surface area contributed by atoms with Crippen LogP contribution in [-0.2, 0) is 4.74 Å². The second-order valence-corrected chi connectivity index (χ2v) is 3.38. The summed E-state index contributed by atoms with van der Waals surface area (Å²) in [6.07, 6.45) is 0.652. The fourth-order valence-corrected chi connectivity index (χ4v) is 1.42. The molecule has 72 valence electrons. The van der Waals surface area contributed by atoms with E-state index in [1.807, 2.05) is 0 Å². The van der Waals surface area contributed by atoms with Gasteiger partial charge in [0.15, 0.2) is 0 Å². The molecule has 4 heteroatoms. The average molecular weight is 194 g/mol. The van der Waals surface area contributed by atoms with Crippen molar-refractivity contribution in [2.24, 2.45) is 0 Å². The van der Waals surface area contributed by atoms with Gasteiger partial charge in [-0.2, -0.15) is 0 Å². The Labute approximate surface area is 78.3 Å². The lowest BCUT2D eigenvalue weighted by atomic mass is 10.3. The van der Waals surface area contributed by atoms with Crippen LogP contribution in [0.1, 0.15) is 6.42 Å². The predicted molar refractivity (Wildman–Crippen MR) is 48.6 cm³/mol. The van der Waals surface area contributed by atoms with Gasteiger partial charge in [-0.05, 0) is 6.42 Å². The van der Waals surface area contributed by atoms with Crippen LogP contribution in [0.2, 0.25) is 0 Å². The molecule has 1 aliphatic rings. The number of hydrogen-bond acceptors (Lipinski definition) is 3. The van der Waals surface area contributed by atoms with E-state index < -0.39 is 6.10 Å².